The lowest BCUT2D eigenvalue weighted by Crippen LogP contribution is -2.60. The minimum Gasteiger partial charge on any atom is -0.492 e. The van der Waals surface area contributed by atoms with Gasteiger partial charge in [-0.2, -0.15) is 13.2 Å². The number of amides is 2. The van der Waals surface area contributed by atoms with Crippen LogP contribution in [0.4, 0.5) is 13.2 Å². The van der Waals surface area contributed by atoms with Gasteiger partial charge in [-0.15, -0.1) is 0 Å². The lowest BCUT2D eigenvalue weighted by atomic mass is 9.95. The number of nitrogens with one attached hydrogen (secondary N) is 1. The van der Waals surface area contributed by atoms with Crippen molar-refractivity contribution in [2.24, 2.45) is 5.92 Å². The molecule has 7 nitrogen and oxygen atoms in total. The second-order valence-electron chi connectivity index (χ2n) is 9.67. The van der Waals surface area contributed by atoms with E-state index in [2.05, 4.69) is 10.3 Å². The zero-order valence-electron chi connectivity index (χ0n) is 20.6. The number of rotatable bonds is 6. The quantitative estimate of drug-likeness (QED) is 0.647. The smallest absolute Gasteiger partial charge is 0.433 e. The van der Waals surface area contributed by atoms with Gasteiger partial charge >= 0.3 is 6.18 Å². The number of likely N-dealkylation sites (tertiary alicyclic amines) is 1. The summed E-state index contributed by atoms with van der Waals surface area (Å²) in [4.78, 5) is 33.5. The Bertz CT molecular complexity index is 1100. The number of hydrogen-bond donors (Lipinski definition) is 1. The highest BCUT2D eigenvalue weighted by Gasteiger charge is 2.52. The fraction of sp³-hybridized carbons (Fsp3) is 0.500. The van der Waals surface area contributed by atoms with E-state index in [1.54, 1.807) is 4.90 Å². The van der Waals surface area contributed by atoms with Crippen LogP contribution in [0.3, 0.4) is 0 Å². The Morgan fingerprint density at radius 3 is 2.42 bits per heavy atom. The normalized spacial score (nSPS) is 19.9. The third kappa shape index (κ3) is 5.18. The van der Waals surface area contributed by atoms with E-state index >= 15 is 0 Å². The van der Waals surface area contributed by atoms with Crippen molar-refractivity contribution in [2.75, 3.05) is 26.2 Å². The molecule has 194 valence electrons. The van der Waals surface area contributed by atoms with Gasteiger partial charge in [0.05, 0.1) is 29.5 Å². The van der Waals surface area contributed by atoms with Crippen LogP contribution in [0.25, 0.3) is 0 Å². The van der Waals surface area contributed by atoms with Gasteiger partial charge in [0.25, 0.3) is 5.91 Å². The number of hydrogen-bond acceptors (Lipinski definition) is 5. The van der Waals surface area contributed by atoms with Crippen molar-refractivity contribution in [3.8, 4) is 5.75 Å². The predicted molar refractivity (Wildman–Crippen MR) is 127 cm³/mol. The van der Waals surface area contributed by atoms with Gasteiger partial charge in [-0.05, 0) is 37.1 Å². The summed E-state index contributed by atoms with van der Waals surface area (Å²) >= 11 is 0. The minimum atomic E-state index is -4.56. The van der Waals surface area contributed by atoms with Crippen LogP contribution < -0.4 is 10.1 Å². The molecule has 36 heavy (non-hydrogen) atoms. The number of benzene rings is 1. The van der Waals surface area contributed by atoms with Gasteiger partial charge in [0.1, 0.15) is 18.1 Å². The van der Waals surface area contributed by atoms with Gasteiger partial charge < -0.3 is 14.5 Å². The lowest BCUT2D eigenvalue weighted by Gasteiger charge is -2.44. The Morgan fingerprint density at radius 2 is 1.83 bits per heavy atom. The maximum atomic E-state index is 13.3. The third-order valence-electron chi connectivity index (χ3n) is 6.95. The maximum Gasteiger partial charge on any atom is 0.433 e. The molecule has 1 aromatic heterocycles. The Kier molecular flexibility index (Phi) is 7.26. The van der Waals surface area contributed by atoms with Gasteiger partial charge in [0, 0.05) is 25.9 Å². The van der Waals surface area contributed by atoms with Crippen LogP contribution in [0.1, 0.15) is 48.4 Å². The standard InChI is InChI=1S/C26H31F3N4O3/c1-17(2)22-24(35)33(15-16-36-19-7-5-4-6-8-19)25(31-22)11-13-32(14-12-25)23(34)20-9-10-21(26(27,28)29)30-18(20)3/h4-10,17,22,31H,11-16H2,1-3H3. The minimum absolute atomic E-state index is 0.0178. The number of aryl methyl sites for hydroxylation is 1. The van der Waals surface area contributed by atoms with Crippen LogP contribution in [-0.4, -0.2) is 64.5 Å². The number of ether oxygens (including phenoxy) is 1. The number of alkyl halides is 3. The van der Waals surface area contributed by atoms with E-state index in [4.69, 9.17) is 4.74 Å². The summed E-state index contributed by atoms with van der Waals surface area (Å²) in [5.41, 5.74) is -1.42. The molecule has 1 atom stereocenters. The Balaban J connectivity index is 1.45. The molecule has 1 N–H and O–H groups in total. The molecule has 2 aliphatic rings. The van der Waals surface area contributed by atoms with E-state index < -0.39 is 17.5 Å². The number of nitrogens with zero attached hydrogens (tertiary/aromatic N) is 3. The van der Waals surface area contributed by atoms with Crippen LogP contribution in [0, 0.1) is 12.8 Å². The predicted octanol–water partition coefficient (Wildman–Crippen LogP) is 3.88. The van der Waals surface area contributed by atoms with E-state index in [1.165, 1.54) is 13.0 Å². The van der Waals surface area contributed by atoms with E-state index in [-0.39, 0.29) is 35.0 Å². The highest BCUT2D eigenvalue weighted by atomic mass is 19.4. The van der Waals surface area contributed by atoms with Gasteiger partial charge in [-0.3, -0.25) is 14.9 Å². The highest BCUT2D eigenvalue weighted by molar-refractivity contribution is 5.95. The van der Waals surface area contributed by atoms with Crippen LogP contribution in [0.5, 0.6) is 5.75 Å². The number of pyridine rings is 1. The van der Waals surface area contributed by atoms with E-state index in [1.807, 2.05) is 49.1 Å². The summed E-state index contributed by atoms with van der Waals surface area (Å²) in [5.74, 6) is 0.485. The van der Waals surface area contributed by atoms with Crippen molar-refractivity contribution in [1.82, 2.24) is 20.1 Å². The molecule has 1 aromatic carbocycles. The molecule has 0 radical (unpaired) electrons. The molecule has 2 aliphatic heterocycles. The largest absolute Gasteiger partial charge is 0.492 e. The van der Waals surface area contributed by atoms with Gasteiger partial charge in [0.15, 0.2) is 0 Å². The maximum absolute atomic E-state index is 13.3. The zero-order chi connectivity index (χ0) is 26.1. The third-order valence-corrected chi connectivity index (χ3v) is 6.95. The summed E-state index contributed by atoms with van der Waals surface area (Å²) in [6.07, 6.45) is -3.55. The summed E-state index contributed by atoms with van der Waals surface area (Å²) in [5, 5.41) is 3.53. The molecule has 10 heteroatoms. The van der Waals surface area contributed by atoms with Crippen LogP contribution in [-0.2, 0) is 11.0 Å². The molecule has 1 spiro atoms. The number of carbonyl (C=O) groups excluding carboxylic acids is 2. The first-order chi connectivity index (χ1) is 17.0. The monoisotopic (exact) mass is 504 g/mol. The Morgan fingerprint density at radius 1 is 1.17 bits per heavy atom. The van der Waals surface area contributed by atoms with E-state index in [0.29, 0.717) is 39.1 Å². The van der Waals surface area contributed by atoms with Gasteiger partial charge in [-0.1, -0.05) is 32.0 Å². The number of piperidine rings is 1. The average Bonchev–Trinajstić information content (AvgIpc) is 3.10. The fourth-order valence-electron chi connectivity index (χ4n) is 4.96. The topological polar surface area (TPSA) is 74.8 Å². The SMILES string of the molecule is Cc1nc(C(F)(F)F)ccc1C(=O)N1CCC2(CC1)NC(C(C)C)C(=O)N2CCOc1ccccc1. The van der Waals surface area contributed by atoms with Crippen molar-refractivity contribution in [3.05, 3.63) is 59.4 Å². The molecule has 3 heterocycles. The number of aromatic nitrogens is 1. The van der Waals surface area contributed by atoms with E-state index in [9.17, 15) is 22.8 Å². The first kappa shape index (κ1) is 25.9. The molecule has 0 aliphatic carbocycles. The van der Waals surface area contributed by atoms with Crippen molar-refractivity contribution in [3.63, 3.8) is 0 Å². The molecule has 4 rings (SSSR count). The second-order valence-corrected chi connectivity index (χ2v) is 9.67. The molecule has 1 unspecified atom stereocenters. The first-order valence-electron chi connectivity index (χ1n) is 12.1. The molecule has 2 aromatic rings. The van der Waals surface area contributed by atoms with Crippen molar-refractivity contribution < 1.29 is 27.5 Å². The van der Waals surface area contributed by atoms with Crippen LogP contribution >= 0.6 is 0 Å². The Hall–Kier alpha value is -3.14. The summed E-state index contributed by atoms with van der Waals surface area (Å²) < 4.78 is 44.7. The van der Waals surface area contributed by atoms with Crippen LogP contribution in [0.2, 0.25) is 0 Å². The summed E-state index contributed by atoms with van der Waals surface area (Å²) in [7, 11) is 0. The number of carbonyl (C=O) groups is 2. The molecule has 2 amide bonds. The first-order valence-corrected chi connectivity index (χ1v) is 12.1. The fourth-order valence-corrected chi connectivity index (χ4v) is 4.96. The second kappa shape index (κ2) is 10.1. The van der Waals surface area contributed by atoms with Crippen molar-refractivity contribution >= 4 is 11.8 Å². The summed E-state index contributed by atoms with van der Waals surface area (Å²) in [6, 6.07) is 11.1. The summed E-state index contributed by atoms with van der Waals surface area (Å²) in [6.45, 7) is 6.86. The van der Waals surface area contributed by atoms with Gasteiger partial charge in [-0.25, -0.2) is 4.98 Å². The van der Waals surface area contributed by atoms with Crippen LogP contribution in [0.15, 0.2) is 42.5 Å². The molecule has 0 saturated carbocycles. The molecule has 2 saturated heterocycles. The average molecular weight is 505 g/mol. The number of para-hydroxylation sites is 1. The van der Waals surface area contributed by atoms with Crippen molar-refractivity contribution in [1.29, 1.82) is 0 Å². The van der Waals surface area contributed by atoms with Crippen molar-refractivity contribution in [2.45, 2.75) is 51.5 Å². The van der Waals surface area contributed by atoms with Gasteiger partial charge in [0.2, 0.25) is 5.91 Å². The molecule has 0 bridgehead atoms. The number of halogens is 3. The van der Waals surface area contributed by atoms with E-state index in [0.717, 1.165) is 11.8 Å². The zero-order valence-corrected chi connectivity index (χ0v) is 20.6. The molecular weight excluding hydrogens is 473 g/mol. The molecule has 2 fully saturated rings. The lowest BCUT2D eigenvalue weighted by molar-refractivity contribution is -0.141. The molecular formula is C26H31F3N4O3. The Labute approximate surface area is 208 Å². The highest BCUT2D eigenvalue weighted by Crippen LogP contribution is 2.35.